The third-order valence-corrected chi connectivity index (χ3v) is 0. The quantitative estimate of drug-likeness (QED) is 0.339. The zero-order chi connectivity index (χ0) is 3.58. The van der Waals surface area contributed by atoms with Crippen LogP contribution in [0.1, 0.15) is 0 Å². The second kappa shape index (κ2) is 9.95. The molecule has 0 spiro atoms. The number of hydrogen-bond donors (Lipinski definition) is 3. The van der Waals surface area contributed by atoms with Gasteiger partial charge in [0.2, 0.25) is 0 Å². The van der Waals surface area contributed by atoms with Gasteiger partial charge in [-0.3, -0.25) is 0 Å². The van der Waals surface area contributed by atoms with Crippen molar-refractivity contribution in [1.29, 1.82) is 0 Å². The molecule has 0 aliphatic rings. The van der Waals surface area contributed by atoms with Gasteiger partial charge >= 0.3 is 45.1 Å². The van der Waals surface area contributed by atoms with Crippen molar-refractivity contribution in [2.24, 2.45) is 0 Å². The van der Waals surface area contributed by atoms with Gasteiger partial charge in [-0.2, -0.15) is 0 Å². The molecule has 0 aliphatic carbocycles. The molecule has 0 heterocycles. The molecule has 0 aliphatic heterocycles. The Bertz CT molecular complexity index is 15.5. The van der Waals surface area contributed by atoms with Gasteiger partial charge in [0.05, 0.1) is 0 Å². The minimum atomic E-state index is -2.17. The maximum atomic E-state index is 7.17. The van der Waals surface area contributed by atoms with Crippen LogP contribution in [0, 0.1) is 0 Å². The van der Waals surface area contributed by atoms with E-state index in [1.165, 1.54) is 0 Å². The Labute approximate surface area is 78.7 Å². The summed E-state index contributed by atoms with van der Waals surface area (Å²) < 4.78 is 0. The van der Waals surface area contributed by atoms with E-state index in [2.05, 4.69) is 0 Å². The smallest absolute Gasteiger partial charge is 0 e. The van der Waals surface area contributed by atoms with Crippen LogP contribution in [0.4, 0.5) is 0 Å². The van der Waals surface area contributed by atoms with Crippen molar-refractivity contribution in [3.8, 4) is 0 Å². The van der Waals surface area contributed by atoms with Gasteiger partial charge in [-0.05, 0) is 0 Å². The standard InChI is InChI=1S/BH3O3.Ca.Zn.2H/c2-1(3)4;;;;/h2-4H;;;;. The molecule has 6 heteroatoms. The molecule has 0 unspecified atom stereocenters. The third kappa shape index (κ3) is 40.7. The van der Waals surface area contributed by atoms with Crippen LogP contribution in [0.3, 0.4) is 0 Å². The first kappa shape index (κ1) is 15.7. The van der Waals surface area contributed by atoms with E-state index in [-0.39, 0.29) is 57.2 Å². The van der Waals surface area contributed by atoms with Gasteiger partial charge in [0.25, 0.3) is 0 Å². The molecule has 0 atom stereocenters. The van der Waals surface area contributed by atoms with E-state index in [1.807, 2.05) is 0 Å². The summed E-state index contributed by atoms with van der Waals surface area (Å²) in [5.41, 5.74) is 0. The second-order valence-corrected chi connectivity index (χ2v) is 0.346. The Kier molecular flexibility index (Phi) is 26.0. The average Bonchev–Trinajstić information content (AvgIpc) is 0.811. The minimum Gasteiger partial charge on any atom is 0 e. The van der Waals surface area contributed by atoms with Gasteiger partial charge < -0.3 is 15.1 Å². The Morgan fingerprint density at radius 3 is 1.00 bits per heavy atom. The summed E-state index contributed by atoms with van der Waals surface area (Å²) in [6, 6.07) is 0. The van der Waals surface area contributed by atoms with Crippen LogP contribution in [-0.4, -0.2) is 60.1 Å². The molecule has 0 aromatic carbocycles. The maximum Gasteiger partial charge on any atom is 0 e. The van der Waals surface area contributed by atoms with Crippen molar-refractivity contribution >= 4 is 45.1 Å². The fourth-order valence-electron chi connectivity index (χ4n) is 0. The first-order valence-corrected chi connectivity index (χ1v) is 0.775. The van der Waals surface area contributed by atoms with E-state index in [4.69, 9.17) is 15.1 Å². The van der Waals surface area contributed by atoms with Gasteiger partial charge in [0, 0.05) is 19.5 Å². The molecule has 0 saturated carbocycles. The SMILES string of the molecule is OB(O)O.[CaH2].[Zn]. The van der Waals surface area contributed by atoms with Gasteiger partial charge in [0.1, 0.15) is 0 Å². The first-order chi connectivity index (χ1) is 1.73. The molecule has 0 aromatic rings. The molecule has 0 amide bonds. The van der Waals surface area contributed by atoms with Crippen molar-refractivity contribution in [1.82, 2.24) is 0 Å². The van der Waals surface area contributed by atoms with E-state index in [9.17, 15) is 0 Å². The van der Waals surface area contributed by atoms with Crippen molar-refractivity contribution in [3.05, 3.63) is 0 Å². The topological polar surface area (TPSA) is 60.7 Å². The van der Waals surface area contributed by atoms with Crippen molar-refractivity contribution in [2.45, 2.75) is 0 Å². The van der Waals surface area contributed by atoms with Gasteiger partial charge in [-0.25, -0.2) is 0 Å². The predicted molar refractivity (Wildman–Crippen MR) is 21.0 cm³/mol. The third-order valence-electron chi connectivity index (χ3n) is 0. The predicted octanol–water partition coefficient (Wildman–Crippen LogP) is -2.97. The van der Waals surface area contributed by atoms with E-state index in [0.717, 1.165) is 0 Å². The normalized spacial score (nSPS) is 4.50. The minimum absolute atomic E-state index is 0. The van der Waals surface area contributed by atoms with Gasteiger partial charge in [-0.15, -0.1) is 0 Å². The molecule has 0 bridgehead atoms. The van der Waals surface area contributed by atoms with E-state index in [0.29, 0.717) is 0 Å². The summed E-state index contributed by atoms with van der Waals surface area (Å²) in [4.78, 5) is 0. The summed E-state index contributed by atoms with van der Waals surface area (Å²) in [6.07, 6.45) is 0. The number of hydrogen-bond acceptors (Lipinski definition) is 3. The molecule has 6 heavy (non-hydrogen) atoms. The summed E-state index contributed by atoms with van der Waals surface area (Å²) >= 11 is 0. The van der Waals surface area contributed by atoms with Gasteiger partial charge in [-0.1, -0.05) is 0 Å². The first-order valence-electron chi connectivity index (χ1n) is 0.775. The van der Waals surface area contributed by atoms with Crippen molar-refractivity contribution in [3.63, 3.8) is 0 Å². The molecule has 3 nitrogen and oxygen atoms in total. The molecule has 30 valence electrons. The molecule has 0 rings (SSSR count). The number of rotatable bonds is 0. The van der Waals surface area contributed by atoms with Gasteiger partial charge in [0.15, 0.2) is 0 Å². The Morgan fingerprint density at radius 2 is 1.00 bits per heavy atom. The summed E-state index contributed by atoms with van der Waals surface area (Å²) in [7, 11) is -2.17. The largest absolute Gasteiger partial charge is 0 e. The summed E-state index contributed by atoms with van der Waals surface area (Å²) in [5.74, 6) is 0. The van der Waals surface area contributed by atoms with Crippen LogP contribution < -0.4 is 0 Å². The maximum absolute atomic E-state index is 7.17. The molecule has 0 fully saturated rings. The van der Waals surface area contributed by atoms with Crippen LogP contribution in [0.2, 0.25) is 0 Å². The Balaban J connectivity index is -0.0000000450. The Morgan fingerprint density at radius 1 is 1.00 bits per heavy atom. The molecule has 0 aromatic heterocycles. The van der Waals surface area contributed by atoms with Crippen LogP contribution in [0.15, 0.2) is 0 Å². The second-order valence-electron chi connectivity index (χ2n) is 0.346. The van der Waals surface area contributed by atoms with Crippen LogP contribution in [0.5, 0.6) is 0 Å². The average molecular weight is 169 g/mol. The monoisotopic (exact) mass is 168 g/mol. The molecular weight excluding hydrogens is 164 g/mol. The van der Waals surface area contributed by atoms with Crippen LogP contribution >= 0.6 is 0 Å². The zero-order valence-electron chi connectivity index (χ0n) is 2.63. The molecule has 3 N–H and O–H groups in total. The van der Waals surface area contributed by atoms with E-state index >= 15 is 0 Å². The fourth-order valence-corrected chi connectivity index (χ4v) is 0. The van der Waals surface area contributed by atoms with Crippen LogP contribution in [-0.2, 0) is 19.5 Å². The zero-order valence-corrected chi connectivity index (χ0v) is 5.59. The molecule has 0 radical (unpaired) electrons. The van der Waals surface area contributed by atoms with Crippen molar-refractivity contribution in [2.75, 3.05) is 0 Å². The summed E-state index contributed by atoms with van der Waals surface area (Å²) in [5, 5.41) is 21.5. The van der Waals surface area contributed by atoms with E-state index < -0.39 is 7.32 Å². The van der Waals surface area contributed by atoms with E-state index in [1.54, 1.807) is 0 Å². The van der Waals surface area contributed by atoms with Crippen LogP contribution in [0.25, 0.3) is 0 Å². The summed E-state index contributed by atoms with van der Waals surface area (Å²) in [6.45, 7) is 0. The molecular formula is H5BCaO3Zn. The van der Waals surface area contributed by atoms with Crippen molar-refractivity contribution < 1.29 is 34.6 Å². The fraction of sp³-hybridized carbons (Fsp3) is 0. The Hall–Kier alpha value is 1.83. The molecule has 0 saturated heterocycles.